The van der Waals surface area contributed by atoms with Crippen molar-refractivity contribution in [2.75, 3.05) is 19.5 Å². The number of hydrogen-bond donors (Lipinski definition) is 2. The lowest BCUT2D eigenvalue weighted by Crippen LogP contribution is -2.23. The van der Waals surface area contributed by atoms with E-state index in [4.69, 9.17) is 9.47 Å². The summed E-state index contributed by atoms with van der Waals surface area (Å²) < 4.78 is 10.5. The van der Waals surface area contributed by atoms with E-state index < -0.39 is 0 Å². The van der Waals surface area contributed by atoms with Crippen LogP contribution in [0.3, 0.4) is 0 Å². The average molecular weight is 335 g/mol. The minimum absolute atomic E-state index is 0.229. The third-order valence-corrected chi connectivity index (χ3v) is 3.70. The lowest BCUT2D eigenvalue weighted by molar-refractivity contribution is -0.114. The third kappa shape index (κ3) is 4.19. The highest BCUT2D eigenvalue weighted by atomic mass is 32.1. The zero-order chi connectivity index (χ0) is 16.8. The van der Waals surface area contributed by atoms with Crippen LogP contribution in [0.1, 0.15) is 23.0 Å². The molecule has 1 aromatic heterocycles. The van der Waals surface area contributed by atoms with Crippen molar-refractivity contribution >= 4 is 28.3 Å². The first-order valence-electron chi connectivity index (χ1n) is 6.76. The number of nitrogens with zero attached hydrogens (tertiary/aromatic N) is 1. The Kier molecular flexibility index (Phi) is 5.53. The van der Waals surface area contributed by atoms with Crippen LogP contribution in [-0.2, 0) is 11.3 Å². The van der Waals surface area contributed by atoms with Crippen molar-refractivity contribution in [1.82, 2.24) is 10.3 Å². The monoisotopic (exact) mass is 335 g/mol. The Balaban J connectivity index is 2.04. The Morgan fingerprint density at radius 2 is 2.04 bits per heavy atom. The Bertz CT molecular complexity index is 714. The Hall–Kier alpha value is -2.61. The smallest absolute Gasteiger partial charge is 0.271 e. The summed E-state index contributed by atoms with van der Waals surface area (Å²) in [7, 11) is 3.10. The second kappa shape index (κ2) is 7.59. The maximum absolute atomic E-state index is 12.1. The number of carbonyl (C=O) groups is 2. The summed E-state index contributed by atoms with van der Waals surface area (Å²) in [5.74, 6) is 0.614. The van der Waals surface area contributed by atoms with Crippen LogP contribution in [0.5, 0.6) is 11.5 Å². The van der Waals surface area contributed by atoms with E-state index in [-0.39, 0.29) is 24.1 Å². The van der Waals surface area contributed by atoms with Crippen molar-refractivity contribution in [2.24, 2.45) is 0 Å². The molecule has 2 N–H and O–H groups in total. The lowest BCUT2D eigenvalue weighted by Gasteiger charge is -2.12. The average Bonchev–Trinajstić information content (AvgIpc) is 2.99. The van der Waals surface area contributed by atoms with Gasteiger partial charge in [-0.1, -0.05) is 12.1 Å². The number of aromatic nitrogens is 1. The van der Waals surface area contributed by atoms with Gasteiger partial charge >= 0.3 is 0 Å². The summed E-state index contributed by atoms with van der Waals surface area (Å²) in [6.07, 6.45) is 0. The summed E-state index contributed by atoms with van der Waals surface area (Å²) in [4.78, 5) is 27.1. The minimum Gasteiger partial charge on any atom is -0.493 e. The first kappa shape index (κ1) is 16.8. The van der Waals surface area contributed by atoms with E-state index in [1.165, 1.54) is 18.3 Å². The molecule has 0 aliphatic carbocycles. The van der Waals surface area contributed by atoms with E-state index in [9.17, 15) is 9.59 Å². The molecule has 2 rings (SSSR count). The van der Waals surface area contributed by atoms with Gasteiger partial charge in [-0.05, 0) is 6.07 Å². The highest BCUT2D eigenvalue weighted by Crippen LogP contribution is 2.30. The highest BCUT2D eigenvalue weighted by Gasteiger charge is 2.14. The molecule has 0 spiro atoms. The molecule has 0 saturated heterocycles. The number of amides is 2. The molecule has 2 aromatic rings. The van der Waals surface area contributed by atoms with E-state index >= 15 is 0 Å². The Labute approximate surface area is 137 Å². The maximum atomic E-state index is 12.1. The number of para-hydroxylation sites is 1. The number of benzene rings is 1. The fourth-order valence-electron chi connectivity index (χ4n) is 1.95. The van der Waals surface area contributed by atoms with Crippen molar-refractivity contribution in [3.8, 4) is 11.5 Å². The molecule has 0 saturated carbocycles. The number of nitrogens with one attached hydrogen (secondary N) is 2. The van der Waals surface area contributed by atoms with Gasteiger partial charge in [-0.15, -0.1) is 11.3 Å². The number of ether oxygens (including phenoxy) is 2. The molecule has 2 amide bonds. The molecular weight excluding hydrogens is 318 g/mol. The lowest BCUT2D eigenvalue weighted by atomic mass is 10.2. The fraction of sp³-hybridized carbons (Fsp3) is 0.267. The van der Waals surface area contributed by atoms with Crippen LogP contribution in [0, 0.1) is 0 Å². The van der Waals surface area contributed by atoms with Crippen LogP contribution in [-0.4, -0.2) is 31.0 Å². The Morgan fingerprint density at radius 3 is 2.70 bits per heavy atom. The van der Waals surface area contributed by atoms with Gasteiger partial charge in [-0.2, -0.15) is 0 Å². The second-order valence-corrected chi connectivity index (χ2v) is 5.41. The number of anilines is 1. The highest BCUT2D eigenvalue weighted by molar-refractivity contribution is 7.14. The molecular formula is C15H17N3O4S. The molecule has 0 aliphatic heterocycles. The molecule has 0 atom stereocenters. The molecule has 0 fully saturated rings. The summed E-state index contributed by atoms with van der Waals surface area (Å²) in [6, 6.07) is 5.44. The predicted molar refractivity (Wildman–Crippen MR) is 87.1 cm³/mol. The van der Waals surface area contributed by atoms with Gasteiger partial charge in [-0.25, -0.2) is 4.98 Å². The zero-order valence-electron chi connectivity index (χ0n) is 13.0. The SMILES string of the molecule is COc1cccc(CNC(=O)c2csc(NC(C)=O)n2)c1OC. The molecule has 1 heterocycles. The van der Waals surface area contributed by atoms with Gasteiger partial charge in [0.25, 0.3) is 5.91 Å². The largest absolute Gasteiger partial charge is 0.493 e. The van der Waals surface area contributed by atoms with Crippen molar-refractivity contribution in [2.45, 2.75) is 13.5 Å². The quantitative estimate of drug-likeness (QED) is 0.843. The fourth-order valence-corrected chi connectivity index (χ4v) is 2.68. The predicted octanol–water partition coefficient (Wildman–Crippen LogP) is 2.05. The summed E-state index contributed by atoms with van der Waals surface area (Å²) in [5, 5.41) is 7.28. The molecule has 0 radical (unpaired) electrons. The van der Waals surface area contributed by atoms with Crippen LogP contribution in [0.4, 0.5) is 5.13 Å². The number of rotatable bonds is 6. The molecule has 1 aromatic carbocycles. The molecule has 8 heteroatoms. The second-order valence-electron chi connectivity index (χ2n) is 4.55. The van der Waals surface area contributed by atoms with Crippen LogP contribution in [0.2, 0.25) is 0 Å². The van der Waals surface area contributed by atoms with Gasteiger partial charge in [0.1, 0.15) is 5.69 Å². The normalized spacial score (nSPS) is 10.0. The van der Waals surface area contributed by atoms with Gasteiger partial charge in [0, 0.05) is 24.4 Å². The Morgan fingerprint density at radius 1 is 1.26 bits per heavy atom. The number of methoxy groups -OCH3 is 2. The van der Waals surface area contributed by atoms with E-state index in [1.807, 2.05) is 12.1 Å². The van der Waals surface area contributed by atoms with Gasteiger partial charge in [-0.3, -0.25) is 9.59 Å². The van der Waals surface area contributed by atoms with E-state index in [2.05, 4.69) is 15.6 Å². The number of hydrogen-bond acceptors (Lipinski definition) is 6. The molecule has 0 bridgehead atoms. The van der Waals surface area contributed by atoms with Crippen LogP contribution < -0.4 is 20.1 Å². The molecule has 7 nitrogen and oxygen atoms in total. The van der Waals surface area contributed by atoms with Crippen molar-refractivity contribution in [3.63, 3.8) is 0 Å². The van der Waals surface area contributed by atoms with Gasteiger partial charge in [0.15, 0.2) is 16.6 Å². The van der Waals surface area contributed by atoms with Crippen LogP contribution in [0.25, 0.3) is 0 Å². The van der Waals surface area contributed by atoms with E-state index in [0.717, 1.165) is 5.56 Å². The van der Waals surface area contributed by atoms with E-state index in [0.29, 0.717) is 16.6 Å². The molecule has 23 heavy (non-hydrogen) atoms. The first-order valence-corrected chi connectivity index (χ1v) is 7.64. The topological polar surface area (TPSA) is 89.6 Å². The zero-order valence-corrected chi connectivity index (χ0v) is 13.8. The summed E-state index contributed by atoms with van der Waals surface area (Å²) >= 11 is 1.19. The van der Waals surface area contributed by atoms with Gasteiger partial charge in [0.05, 0.1) is 14.2 Å². The molecule has 0 aliphatic rings. The molecule has 122 valence electrons. The van der Waals surface area contributed by atoms with Crippen LogP contribution in [0.15, 0.2) is 23.6 Å². The summed E-state index contributed by atoms with van der Waals surface area (Å²) in [6.45, 7) is 1.66. The summed E-state index contributed by atoms with van der Waals surface area (Å²) in [5.41, 5.74) is 1.04. The minimum atomic E-state index is -0.331. The van der Waals surface area contributed by atoms with Crippen molar-refractivity contribution in [3.05, 3.63) is 34.8 Å². The van der Waals surface area contributed by atoms with Crippen molar-refractivity contribution in [1.29, 1.82) is 0 Å². The van der Waals surface area contributed by atoms with Gasteiger partial charge < -0.3 is 20.1 Å². The maximum Gasteiger partial charge on any atom is 0.271 e. The third-order valence-electron chi connectivity index (χ3n) is 2.94. The molecule has 0 unspecified atom stereocenters. The van der Waals surface area contributed by atoms with Gasteiger partial charge in [0.2, 0.25) is 5.91 Å². The number of thiazole rings is 1. The first-order chi connectivity index (χ1) is 11.0. The van der Waals surface area contributed by atoms with Crippen molar-refractivity contribution < 1.29 is 19.1 Å². The van der Waals surface area contributed by atoms with Crippen LogP contribution >= 0.6 is 11.3 Å². The number of carbonyl (C=O) groups excluding carboxylic acids is 2. The standard InChI is InChI=1S/C15H17N3O4S/c1-9(19)17-15-18-11(8-23-15)14(20)16-7-10-5-4-6-12(21-2)13(10)22-3/h4-6,8H,7H2,1-3H3,(H,16,20)(H,17,18,19). The van der Waals surface area contributed by atoms with E-state index in [1.54, 1.807) is 25.7 Å².